The minimum atomic E-state index is 0.122. The van der Waals surface area contributed by atoms with Crippen LogP contribution in [0.5, 0.6) is 0 Å². The molecule has 0 saturated carbocycles. The van der Waals surface area contributed by atoms with E-state index in [2.05, 4.69) is 20.8 Å². The second kappa shape index (κ2) is 6.45. The third-order valence-corrected chi connectivity index (χ3v) is 3.95. The molecular weight excluding hydrogens is 294 g/mol. The number of aliphatic hydroxyl groups excluding tert-OH is 1. The van der Waals surface area contributed by atoms with Crippen molar-refractivity contribution in [1.29, 1.82) is 0 Å². The summed E-state index contributed by atoms with van der Waals surface area (Å²) < 4.78 is 0.922. The van der Waals surface area contributed by atoms with Crippen LogP contribution in [0, 0.1) is 0 Å². The number of ketones is 1. The zero-order valence-electron chi connectivity index (χ0n) is 10.3. The van der Waals surface area contributed by atoms with Gasteiger partial charge in [0, 0.05) is 16.1 Å². The maximum Gasteiger partial charge on any atom is 0.176 e. The lowest BCUT2D eigenvalue weighted by Gasteiger charge is -2.33. The summed E-state index contributed by atoms with van der Waals surface area (Å²) in [5, 5.41) is 9.33. The summed E-state index contributed by atoms with van der Waals surface area (Å²) >= 11 is 3.38. The van der Waals surface area contributed by atoms with Crippen molar-refractivity contribution in [1.82, 2.24) is 4.90 Å². The summed E-state index contributed by atoms with van der Waals surface area (Å²) in [4.78, 5) is 14.3. The molecule has 18 heavy (non-hydrogen) atoms. The molecule has 1 aliphatic rings. The molecule has 1 aliphatic heterocycles. The molecule has 1 atom stereocenters. The molecule has 1 aromatic rings. The molecule has 4 heteroatoms. The molecule has 1 fully saturated rings. The van der Waals surface area contributed by atoms with Crippen molar-refractivity contribution in [3.05, 3.63) is 34.3 Å². The van der Waals surface area contributed by atoms with Crippen molar-refractivity contribution < 1.29 is 9.90 Å². The third-order valence-electron chi connectivity index (χ3n) is 3.45. The maximum atomic E-state index is 12.2. The van der Waals surface area contributed by atoms with E-state index in [1.807, 2.05) is 24.3 Å². The zero-order chi connectivity index (χ0) is 13.0. The van der Waals surface area contributed by atoms with Crippen LogP contribution < -0.4 is 0 Å². The van der Waals surface area contributed by atoms with Crippen molar-refractivity contribution >= 4 is 21.7 Å². The molecule has 1 aromatic carbocycles. The summed E-state index contributed by atoms with van der Waals surface area (Å²) in [6, 6.07) is 7.62. The maximum absolute atomic E-state index is 12.2. The number of hydrogen-bond donors (Lipinski definition) is 1. The molecule has 1 heterocycles. The topological polar surface area (TPSA) is 40.5 Å². The predicted molar refractivity (Wildman–Crippen MR) is 74.8 cm³/mol. The number of nitrogens with zero attached hydrogens (tertiary/aromatic N) is 1. The number of rotatable bonds is 4. The van der Waals surface area contributed by atoms with Crippen LogP contribution in [0.3, 0.4) is 0 Å². The first-order valence-electron chi connectivity index (χ1n) is 6.34. The number of carbonyl (C=O) groups is 1. The summed E-state index contributed by atoms with van der Waals surface area (Å²) in [6.07, 6.45) is 3.25. The Kier molecular flexibility index (Phi) is 4.92. The smallest absolute Gasteiger partial charge is 0.176 e. The molecule has 98 valence electrons. The number of halogens is 1. The molecule has 1 saturated heterocycles. The standard InChI is InChI=1S/C14H18BrNO2/c15-12-5-3-4-11(8-12)14(18)9-16-7-2-1-6-13(16)10-17/h3-5,8,13,17H,1-2,6-7,9-10H2. The lowest BCUT2D eigenvalue weighted by atomic mass is 10.0. The van der Waals surface area contributed by atoms with Gasteiger partial charge in [0.05, 0.1) is 13.2 Å². The molecule has 0 amide bonds. The fraction of sp³-hybridized carbons (Fsp3) is 0.500. The van der Waals surface area contributed by atoms with Gasteiger partial charge >= 0.3 is 0 Å². The number of aliphatic hydroxyl groups is 1. The number of Topliss-reactive ketones (excluding diaryl/α,β-unsaturated/α-hetero) is 1. The normalized spacial score (nSPS) is 20.9. The van der Waals surface area contributed by atoms with Crippen LogP contribution in [-0.2, 0) is 0 Å². The number of piperidine rings is 1. The average Bonchev–Trinajstić information content (AvgIpc) is 2.39. The van der Waals surface area contributed by atoms with Crippen molar-refractivity contribution in [3.8, 4) is 0 Å². The summed E-state index contributed by atoms with van der Waals surface area (Å²) in [5.74, 6) is 0.122. The first-order valence-corrected chi connectivity index (χ1v) is 7.13. The minimum Gasteiger partial charge on any atom is -0.395 e. The van der Waals surface area contributed by atoms with Crippen molar-refractivity contribution in [2.24, 2.45) is 0 Å². The Morgan fingerprint density at radius 1 is 1.44 bits per heavy atom. The quantitative estimate of drug-likeness (QED) is 0.868. The highest BCUT2D eigenvalue weighted by atomic mass is 79.9. The van der Waals surface area contributed by atoms with Crippen LogP contribution in [0.4, 0.5) is 0 Å². The molecule has 0 aliphatic carbocycles. The van der Waals surface area contributed by atoms with Gasteiger partial charge in [-0.15, -0.1) is 0 Å². The van der Waals surface area contributed by atoms with Crippen LogP contribution in [0.1, 0.15) is 29.6 Å². The van der Waals surface area contributed by atoms with E-state index >= 15 is 0 Å². The Hall–Kier alpha value is -0.710. The van der Waals surface area contributed by atoms with Crippen LogP contribution in [0.25, 0.3) is 0 Å². The second-order valence-electron chi connectivity index (χ2n) is 4.74. The van der Waals surface area contributed by atoms with E-state index in [4.69, 9.17) is 0 Å². The monoisotopic (exact) mass is 311 g/mol. The van der Waals surface area contributed by atoms with Gasteiger partial charge in [-0.25, -0.2) is 0 Å². The van der Waals surface area contributed by atoms with E-state index in [1.165, 1.54) is 0 Å². The minimum absolute atomic E-state index is 0.122. The van der Waals surface area contributed by atoms with Gasteiger partial charge in [-0.2, -0.15) is 0 Å². The summed E-state index contributed by atoms with van der Waals surface area (Å²) in [6.45, 7) is 1.46. The fourth-order valence-corrected chi connectivity index (χ4v) is 2.81. The van der Waals surface area contributed by atoms with E-state index in [1.54, 1.807) is 0 Å². The Morgan fingerprint density at radius 3 is 3.00 bits per heavy atom. The van der Waals surface area contributed by atoms with Crippen LogP contribution in [0.15, 0.2) is 28.7 Å². The Labute approximate surface area is 116 Å². The Bertz CT molecular complexity index is 422. The largest absolute Gasteiger partial charge is 0.395 e. The van der Waals surface area contributed by atoms with Gasteiger partial charge in [-0.1, -0.05) is 34.5 Å². The molecule has 2 rings (SSSR count). The van der Waals surface area contributed by atoms with Crippen LogP contribution in [0.2, 0.25) is 0 Å². The molecule has 3 nitrogen and oxygen atoms in total. The predicted octanol–water partition coefficient (Wildman–Crippen LogP) is 2.48. The van der Waals surface area contributed by atoms with E-state index in [0.29, 0.717) is 6.54 Å². The van der Waals surface area contributed by atoms with Gasteiger partial charge in [-0.3, -0.25) is 9.69 Å². The van der Waals surface area contributed by atoms with Crippen molar-refractivity contribution in [3.63, 3.8) is 0 Å². The lowest BCUT2D eigenvalue weighted by molar-refractivity contribution is 0.0711. The van der Waals surface area contributed by atoms with Crippen molar-refractivity contribution in [2.75, 3.05) is 19.7 Å². The van der Waals surface area contributed by atoms with E-state index < -0.39 is 0 Å². The highest BCUT2D eigenvalue weighted by Gasteiger charge is 2.23. The average molecular weight is 312 g/mol. The Morgan fingerprint density at radius 2 is 2.28 bits per heavy atom. The first kappa shape index (κ1) is 13.7. The SMILES string of the molecule is O=C(CN1CCCCC1CO)c1cccc(Br)c1. The Balaban J connectivity index is 2.02. The van der Waals surface area contributed by atoms with E-state index in [-0.39, 0.29) is 18.4 Å². The second-order valence-corrected chi connectivity index (χ2v) is 5.65. The highest BCUT2D eigenvalue weighted by molar-refractivity contribution is 9.10. The first-order chi connectivity index (χ1) is 8.70. The van der Waals surface area contributed by atoms with Gasteiger partial charge in [0.25, 0.3) is 0 Å². The van der Waals surface area contributed by atoms with Crippen molar-refractivity contribution in [2.45, 2.75) is 25.3 Å². The molecular formula is C14H18BrNO2. The molecule has 0 radical (unpaired) electrons. The molecule has 0 aromatic heterocycles. The third kappa shape index (κ3) is 3.40. The molecule has 1 unspecified atom stereocenters. The lowest BCUT2D eigenvalue weighted by Crippen LogP contribution is -2.44. The van der Waals surface area contributed by atoms with Gasteiger partial charge in [0.15, 0.2) is 5.78 Å². The number of carbonyl (C=O) groups excluding carboxylic acids is 1. The molecule has 0 spiro atoms. The molecule has 1 N–H and O–H groups in total. The number of likely N-dealkylation sites (tertiary alicyclic amines) is 1. The van der Waals surface area contributed by atoms with E-state index in [9.17, 15) is 9.90 Å². The van der Waals surface area contributed by atoms with Gasteiger partial charge < -0.3 is 5.11 Å². The van der Waals surface area contributed by atoms with Gasteiger partial charge in [0.2, 0.25) is 0 Å². The summed E-state index contributed by atoms with van der Waals surface area (Å²) in [7, 11) is 0. The number of benzene rings is 1. The van der Waals surface area contributed by atoms with Crippen LogP contribution in [-0.4, -0.2) is 41.5 Å². The summed E-state index contributed by atoms with van der Waals surface area (Å²) in [5.41, 5.74) is 0.728. The fourth-order valence-electron chi connectivity index (χ4n) is 2.41. The zero-order valence-corrected chi connectivity index (χ0v) is 11.9. The number of hydrogen-bond acceptors (Lipinski definition) is 3. The molecule has 0 bridgehead atoms. The van der Waals surface area contributed by atoms with Gasteiger partial charge in [0.1, 0.15) is 0 Å². The van der Waals surface area contributed by atoms with Gasteiger partial charge in [-0.05, 0) is 31.5 Å². The van der Waals surface area contributed by atoms with Crippen LogP contribution >= 0.6 is 15.9 Å². The highest BCUT2D eigenvalue weighted by Crippen LogP contribution is 2.18. The van der Waals surface area contributed by atoms with E-state index in [0.717, 1.165) is 35.8 Å².